The third-order valence-corrected chi connectivity index (χ3v) is 15.8. The first-order valence-electron chi connectivity index (χ1n) is 26.5. The molecule has 0 amide bonds. The summed E-state index contributed by atoms with van der Waals surface area (Å²) in [6, 6.07) is 11.5. The Morgan fingerprint density at radius 3 is 1.59 bits per heavy atom. The molecule has 0 bridgehead atoms. The second-order valence-electron chi connectivity index (χ2n) is 21.3. The summed E-state index contributed by atoms with van der Waals surface area (Å²) in [6.45, 7) is 12.8. The van der Waals surface area contributed by atoms with E-state index in [1.54, 1.807) is 57.2 Å². The Labute approximate surface area is 430 Å². The topological polar surface area (TPSA) is 246 Å². The third-order valence-electron chi connectivity index (χ3n) is 15.8. The molecule has 19 nitrogen and oxygen atoms in total. The van der Waals surface area contributed by atoms with E-state index in [1.165, 1.54) is 0 Å². The van der Waals surface area contributed by atoms with Crippen LogP contribution < -0.4 is 4.74 Å². The minimum absolute atomic E-state index is 0.0303. The van der Waals surface area contributed by atoms with Crippen molar-refractivity contribution >= 4 is 22.3 Å². The zero-order chi connectivity index (χ0) is 52.3. The van der Waals surface area contributed by atoms with Crippen LogP contribution in [-0.2, 0) is 52.1 Å². The molecule has 3 aromatic carbocycles. The van der Waals surface area contributed by atoms with Crippen LogP contribution in [0.4, 0.5) is 0 Å². The first-order valence-corrected chi connectivity index (χ1v) is 26.5. The van der Waals surface area contributed by atoms with Crippen molar-refractivity contribution in [2.45, 2.75) is 236 Å². The average Bonchev–Trinajstić information content (AvgIpc) is 3.35. The minimum Gasteiger partial charge on any atom is -0.507 e. The largest absolute Gasteiger partial charge is 0.507 e. The van der Waals surface area contributed by atoms with Crippen molar-refractivity contribution in [1.29, 1.82) is 0 Å². The first-order chi connectivity index (χ1) is 35.4. The van der Waals surface area contributed by atoms with E-state index < -0.39 is 110 Å². The number of ether oxygens (including phenoxy) is 12. The van der Waals surface area contributed by atoms with Gasteiger partial charge in [-0.2, -0.15) is 0 Å². The fourth-order valence-corrected chi connectivity index (χ4v) is 11.6. The summed E-state index contributed by atoms with van der Waals surface area (Å²) in [4.78, 5) is 28.1. The fraction of sp³-hybridized carbons (Fsp3) is 0.673. The van der Waals surface area contributed by atoms with Gasteiger partial charge < -0.3 is 82.4 Å². The lowest BCUT2D eigenvalue weighted by Gasteiger charge is -2.45. The number of aromatic hydroxyl groups is 1. The van der Waals surface area contributed by atoms with E-state index in [4.69, 9.17) is 56.8 Å². The number of rotatable bonds is 12. The molecule has 0 radical (unpaired) electrons. The number of aryl methyl sites for hydroxylation is 1. The van der Waals surface area contributed by atoms with Gasteiger partial charge in [-0.3, -0.25) is 9.59 Å². The second kappa shape index (κ2) is 22.3. The summed E-state index contributed by atoms with van der Waals surface area (Å²) >= 11 is 0. The quantitative estimate of drug-likeness (QED) is 0.120. The number of phenols is 1. The number of carbonyl (C=O) groups excluding carboxylic acids is 2. The van der Waals surface area contributed by atoms with E-state index in [2.05, 4.69) is 0 Å². The number of hydrogen-bond donors (Lipinski definition) is 5. The molecule has 0 aromatic heterocycles. The predicted octanol–water partition coefficient (Wildman–Crippen LogP) is 5.36. The van der Waals surface area contributed by atoms with Gasteiger partial charge in [-0.1, -0.05) is 24.3 Å². The fourth-order valence-electron chi connectivity index (χ4n) is 11.6. The predicted molar refractivity (Wildman–Crippen MR) is 260 cm³/mol. The molecular formula is C55H72O19. The summed E-state index contributed by atoms with van der Waals surface area (Å²) < 4.78 is 74.9. The van der Waals surface area contributed by atoms with Gasteiger partial charge in [0.25, 0.3) is 0 Å². The van der Waals surface area contributed by atoms with E-state index in [9.17, 15) is 35.1 Å². The Balaban J connectivity index is 0.684. The first kappa shape index (κ1) is 53.6. The van der Waals surface area contributed by atoms with E-state index in [1.807, 2.05) is 33.8 Å². The van der Waals surface area contributed by atoms with Crippen molar-refractivity contribution in [1.82, 2.24) is 0 Å². The van der Waals surface area contributed by atoms with Crippen LogP contribution in [0.3, 0.4) is 0 Å². The van der Waals surface area contributed by atoms with Crippen molar-refractivity contribution in [2.75, 3.05) is 0 Å². The number of benzene rings is 3. The van der Waals surface area contributed by atoms with E-state index in [0.29, 0.717) is 55.7 Å². The Morgan fingerprint density at radius 2 is 1.00 bits per heavy atom. The van der Waals surface area contributed by atoms with Gasteiger partial charge in [-0.15, -0.1) is 0 Å². The number of carbonyl (C=O) groups is 2. The molecule has 0 saturated carbocycles. The molecule has 0 unspecified atom stereocenters. The van der Waals surface area contributed by atoms with Crippen molar-refractivity contribution in [3.63, 3.8) is 0 Å². The van der Waals surface area contributed by atoms with Crippen LogP contribution >= 0.6 is 0 Å². The Hall–Kier alpha value is -3.74. The van der Waals surface area contributed by atoms with Crippen molar-refractivity contribution < 1.29 is 92.0 Å². The summed E-state index contributed by atoms with van der Waals surface area (Å²) in [6.07, 6.45) is -9.33. The highest BCUT2D eigenvalue weighted by molar-refractivity contribution is 6.33. The molecule has 5 N–H and O–H groups in total. The van der Waals surface area contributed by atoms with Crippen LogP contribution in [0.15, 0.2) is 42.5 Å². The number of aliphatic hydroxyl groups is 4. The van der Waals surface area contributed by atoms with Crippen LogP contribution in [0.2, 0.25) is 0 Å². The van der Waals surface area contributed by atoms with Crippen molar-refractivity contribution in [2.24, 2.45) is 0 Å². The van der Waals surface area contributed by atoms with Crippen molar-refractivity contribution in [3.05, 3.63) is 70.3 Å². The highest BCUT2D eigenvalue weighted by Crippen LogP contribution is 2.42. The second-order valence-corrected chi connectivity index (χ2v) is 21.3. The number of aliphatic hydroxyl groups excluding tert-OH is 4. The Bertz CT molecular complexity index is 2480. The molecule has 6 aliphatic heterocycles. The van der Waals surface area contributed by atoms with Crippen LogP contribution in [0.1, 0.15) is 137 Å². The molecule has 6 fully saturated rings. The number of ketones is 2. The molecular weight excluding hydrogens is 965 g/mol. The monoisotopic (exact) mass is 1040 g/mol. The van der Waals surface area contributed by atoms with Gasteiger partial charge >= 0.3 is 0 Å². The van der Waals surface area contributed by atoms with E-state index in [0.717, 1.165) is 5.56 Å². The zero-order valence-corrected chi connectivity index (χ0v) is 43.0. The molecule has 6 saturated heterocycles. The number of hydrogen-bond acceptors (Lipinski definition) is 19. The van der Waals surface area contributed by atoms with Crippen LogP contribution in [-0.4, -0.2) is 166 Å². The van der Waals surface area contributed by atoms with Crippen LogP contribution in [0.25, 0.3) is 10.8 Å². The van der Waals surface area contributed by atoms with Gasteiger partial charge in [-0.05, 0) is 96.9 Å². The van der Waals surface area contributed by atoms with Gasteiger partial charge in [0.05, 0.1) is 78.8 Å². The molecule has 10 rings (SSSR count). The molecule has 19 heteroatoms. The van der Waals surface area contributed by atoms with Gasteiger partial charge in [0.1, 0.15) is 29.8 Å². The van der Waals surface area contributed by atoms with Crippen LogP contribution in [0.5, 0.6) is 11.5 Å². The zero-order valence-electron chi connectivity index (χ0n) is 43.0. The molecule has 0 spiro atoms. The maximum absolute atomic E-state index is 14.1. The molecule has 406 valence electrons. The summed E-state index contributed by atoms with van der Waals surface area (Å²) in [7, 11) is 0. The third kappa shape index (κ3) is 11.2. The molecule has 74 heavy (non-hydrogen) atoms. The van der Waals surface area contributed by atoms with Crippen molar-refractivity contribution in [3.8, 4) is 11.5 Å². The molecule has 6 heterocycles. The van der Waals surface area contributed by atoms with Gasteiger partial charge in [0.15, 0.2) is 43.0 Å². The lowest BCUT2D eigenvalue weighted by molar-refractivity contribution is -0.333. The molecule has 3 aromatic rings. The molecule has 7 aliphatic rings. The average molecular weight is 1040 g/mol. The van der Waals surface area contributed by atoms with Gasteiger partial charge in [-0.25, -0.2) is 0 Å². The number of phenolic OH excluding ortho intramolecular Hbond substituents is 1. The minimum atomic E-state index is -1.08. The Kier molecular flexibility index (Phi) is 16.2. The summed E-state index contributed by atoms with van der Waals surface area (Å²) in [5, 5.41) is 55.5. The smallest absolute Gasteiger partial charge is 0.202 e. The molecule has 21 atom stereocenters. The van der Waals surface area contributed by atoms with Gasteiger partial charge in [0.2, 0.25) is 6.29 Å². The van der Waals surface area contributed by atoms with E-state index >= 15 is 0 Å². The lowest BCUT2D eigenvalue weighted by Crippen LogP contribution is -2.55. The van der Waals surface area contributed by atoms with Crippen LogP contribution in [0, 0.1) is 6.92 Å². The highest BCUT2D eigenvalue weighted by atomic mass is 16.8. The molecule has 1 aliphatic carbocycles. The normalized spacial score (nSPS) is 40.9. The standard InChI is InChI=1S/C55H72O19/c1-24-19-31-11-12-33-50(48(31)35(57)20-24)54(62)32-9-8-10-39(49(32)53(33)61)71-45-21-36(58)55(30(7)68-45)74-47-23-41(52(60)29(6)67-47)73-44-18-14-37(26(3)65-44)69-43-17-15-38(27(4)64-43)70-46-22-40(51(59)28(5)66-46)72-42-16-13-34(56)25(2)63-42/h8-12,19-20,25-30,34,36-38,40-47,51-52,55-60H,13-18,21-23H2,1-7H3/t25-,26-,27+,28+,29+,30+,34-,36+,37-,38-,40+,41+,42-,43-,44-,45-,46-,47-,51+,52+,55+/m0/s1. The Morgan fingerprint density at radius 1 is 0.486 bits per heavy atom. The van der Waals surface area contributed by atoms with Gasteiger partial charge in [0, 0.05) is 60.6 Å². The maximum atomic E-state index is 14.1. The van der Waals surface area contributed by atoms with E-state index in [-0.39, 0.29) is 77.1 Å². The summed E-state index contributed by atoms with van der Waals surface area (Å²) in [5.41, 5.74) is 1.34. The summed E-state index contributed by atoms with van der Waals surface area (Å²) in [5.74, 6) is -0.792. The number of fused-ring (bicyclic) bond motifs is 4. The lowest BCUT2D eigenvalue weighted by atomic mass is 9.81. The maximum Gasteiger partial charge on any atom is 0.202 e. The highest BCUT2D eigenvalue weighted by Gasteiger charge is 2.47. The SMILES string of the molecule is Cc1cc(O)c2c3c(ccc2c1)C(=O)c1c(O[C@H]2C[C@@H](O)[C@H](O[C@H]4C[C@@H](O[C@H]5CC[C@H](O[C@H]6CC[C@H](O[C@H]7C[C@@H](O[C@H]8CC[C@H](O)[C@H](C)O8)[C@H](O)[C@@H](C)O7)[C@@H](C)O6)[C@H](C)O5)[C@H](O)[C@@H](C)O4)[C@@H](C)O2)cccc1C3=O.